The molecule has 106 valence electrons. The standard InChI is InChI=1S/C9H17Cl2N2O4P/c1-2-16-9(14)8-7-17-18(15,12-8)13(5-3-10)6-4-11/h8H,2-7H2,1H3,(H,12,15)/t8-,18-/m0/s1. The summed E-state index contributed by atoms with van der Waals surface area (Å²) in [6.07, 6.45) is 0. The number of carbonyl (C=O) groups excluding carboxylic acids is 1. The fourth-order valence-electron chi connectivity index (χ4n) is 1.54. The second-order valence-corrected chi connectivity index (χ2v) is 6.46. The highest BCUT2D eigenvalue weighted by molar-refractivity contribution is 7.54. The van der Waals surface area contributed by atoms with Gasteiger partial charge in [-0.2, -0.15) is 0 Å². The van der Waals surface area contributed by atoms with Gasteiger partial charge in [-0.05, 0) is 6.92 Å². The minimum atomic E-state index is -3.23. The van der Waals surface area contributed by atoms with E-state index in [9.17, 15) is 9.36 Å². The molecule has 9 heteroatoms. The SMILES string of the molecule is CCOC(=O)[C@@H]1CO[P@](=O)(N(CCCl)CCCl)N1. The first-order valence-corrected chi connectivity index (χ1v) is 8.28. The van der Waals surface area contributed by atoms with Gasteiger partial charge in [-0.25, -0.2) is 9.76 Å². The van der Waals surface area contributed by atoms with Gasteiger partial charge in [0.2, 0.25) is 0 Å². The number of halogens is 2. The van der Waals surface area contributed by atoms with E-state index in [0.717, 1.165) is 0 Å². The number of rotatable bonds is 7. The van der Waals surface area contributed by atoms with Crippen molar-refractivity contribution in [1.82, 2.24) is 9.76 Å². The molecule has 0 spiro atoms. The lowest BCUT2D eigenvalue weighted by Crippen LogP contribution is -2.36. The molecule has 0 unspecified atom stereocenters. The summed E-state index contributed by atoms with van der Waals surface area (Å²) in [6.45, 7) is 2.74. The Morgan fingerprint density at radius 1 is 1.50 bits per heavy atom. The maximum atomic E-state index is 12.5. The smallest absolute Gasteiger partial charge is 0.344 e. The molecule has 0 aliphatic carbocycles. The monoisotopic (exact) mass is 318 g/mol. The third-order valence-electron chi connectivity index (χ3n) is 2.36. The molecule has 1 saturated heterocycles. The van der Waals surface area contributed by atoms with Crippen molar-refractivity contribution < 1.29 is 18.6 Å². The summed E-state index contributed by atoms with van der Waals surface area (Å²) in [7, 11) is -3.23. The van der Waals surface area contributed by atoms with Gasteiger partial charge in [-0.1, -0.05) is 0 Å². The van der Waals surface area contributed by atoms with Crippen LogP contribution in [0.2, 0.25) is 0 Å². The summed E-state index contributed by atoms with van der Waals surface area (Å²) in [5, 5.41) is 2.69. The summed E-state index contributed by atoms with van der Waals surface area (Å²) in [5.41, 5.74) is 0. The van der Waals surface area contributed by atoms with Crippen LogP contribution in [-0.4, -0.2) is 54.7 Å². The first kappa shape index (κ1) is 16.2. The molecule has 1 aliphatic rings. The van der Waals surface area contributed by atoms with Gasteiger partial charge >= 0.3 is 13.6 Å². The Balaban J connectivity index is 2.65. The van der Waals surface area contributed by atoms with Gasteiger partial charge in [-0.15, -0.1) is 23.2 Å². The molecule has 0 aromatic rings. The predicted octanol–water partition coefficient (Wildman–Crippen LogP) is 1.43. The topological polar surface area (TPSA) is 67.9 Å². The molecule has 6 nitrogen and oxygen atoms in total. The zero-order valence-electron chi connectivity index (χ0n) is 10.1. The molecule has 1 fully saturated rings. The van der Waals surface area contributed by atoms with Crippen LogP contribution in [0.1, 0.15) is 6.92 Å². The maximum Gasteiger partial charge on any atom is 0.344 e. The van der Waals surface area contributed by atoms with Gasteiger partial charge in [0.15, 0.2) is 0 Å². The molecule has 0 amide bonds. The zero-order valence-corrected chi connectivity index (χ0v) is 12.5. The Bertz CT molecular complexity index is 326. The van der Waals surface area contributed by atoms with Crippen molar-refractivity contribution in [1.29, 1.82) is 0 Å². The van der Waals surface area contributed by atoms with Crippen LogP contribution in [0.4, 0.5) is 0 Å². The molecular weight excluding hydrogens is 302 g/mol. The lowest BCUT2D eigenvalue weighted by molar-refractivity contribution is -0.145. The van der Waals surface area contributed by atoms with Crippen molar-refractivity contribution in [2.45, 2.75) is 13.0 Å². The number of hydrogen-bond acceptors (Lipinski definition) is 4. The maximum absolute atomic E-state index is 12.5. The lowest BCUT2D eigenvalue weighted by Gasteiger charge is -2.25. The lowest BCUT2D eigenvalue weighted by atomic mass is 10.3. The van der Waals surface area contributed by atoms with Crippen molar-refractivity contribution >= 4 is 36.8 Å². The molecule has 18 heavy (non-hydrogen) atoms. The number of alkyl halides is 2. The largest absolute Gasteiger partial charge is 0.465 e. The zero-order chi connectivity index (χ0) is 13.6. The van der Waals surface area contributed by atoms with Crippen LogP contribution in [0.3, 0.4) is 0 Å². The minimum Gasteiger partial charge on any atom is -0.465 e. The van der Waals surface area contributed by atoms with Gasteiger partial charge in [0, 0.05) is 24.8 Å². The van der Waals surface area contributed by atoms with Crippen LogP contribution in [0.25, 0.3) is 0 Å². The first-order valence-electron chi connectivity index (χ1n) is 5.63. The Morgan fingerprint density at radius 3 is 2.61 bits per heavy atom. The molecule has 2 atom stereocenters. The van der Waals surface area contributed by atoms with Crippen molar-refractivity contribution in [3.63, 3.8) is 0 Å². The Kier molecular flexibility index (Phi) is 6.92. The van der Waals surface area contributed by atoms with Gasteiger partial charge in [-0.3, -0.25) is 9.36 Å². The third-order valence-corrected chi connectivity index (χ3v) is 4.98. The quantitative estimate of drug-likeness (QED) is 0.435. The van der Waals surface area contributed by atoms with Crippen LogP contribution in [0, 0.1) is 0 Å². The van der Waals surface area contributed by atoms with E-state index < -0.39 is 19.7 Å². The molecule has 1 heterocycles. The van der Waals surface area contributed by atoms with E-state index in [1.165, 1.54) is 4.67 Å². The molecule has 1 N–H and O–H groups in total. The average molecular weight is 319 g/mol. The molecule has 1 aliphatic heterocycles. The highest BCUT2D eigenvalue weighted by Crippen LogP contribution is 2.50. The van der Waals surface area contributed by atoms with E-state index in [0.29, 0.717) is 24.8 Å². The number of carbonyl (C=O) groups is 1. The molecule has 0 aromatic heterocycles. The van der Waals surface area contributed by atoms with Gasteiger partial charge in [0.05, 0.1) is 13.2 Å². The second-order valence-electron chi connectivity index (χ2n) is 3.58. The van der Waals surface area contributed by atoms with E-state index in [4.69, 9.17) is 32.5 Å². The predicted molar refractivity (Wildman–Crippen MR) is 70.1 cm³/mol. The number of nitrogens with one attached hydrogen (secondary N) is 1. The minimum absolute atomic E-state index is 0.0250. The number of hydrogen-bond donors (Lipinski definition) is 1. The summed E-state index contributed by atoms with van der Waals surface area (Å²) in [6, 6.07) is -0.705. The van der Waals surface area contributed by atoms with Crippen LogP contribution < -0.4 is 5.09 Å². The molecular formula is C9H17Cl2N2O4P. The highest BCUT2D eigenvalue weighted by atomic mass is 35.5. The van der Waals surface area contributed by atoms with Gasteiger partial charge in [0.25, 0.3) is 0 Å². The Morgan fingerprint density at radius 2 is 2.11 bits per heavy atom. The Labute approximate surface area is 116 Å². The number of ether oxygens (including phenoxy) is 1. The summed E-state index contributed by atoms with van der Waals surface area (Å²) >= 11 is 11.3. The number of nitrogens with zero attached hydrogens (tertiary/aromatic N) is 1. The van der Waals surface area contributed by atoms with Crippen LogP contribution in [0.15, 0.2) is 0 Å². The third kappa shape index (κ3) is 4.08. The van der Waals surface area contributed by atoms with E-state index >= 15 is 0 Å². The summed E-state index contributed by atoms with van der Waals surface area (Å²) in [5.74, 6) is 0.137. The summed E-state index contributed by atoms with van der Waals surface area (Å²) < 4.78 is 24.1. The molecule has 1 rings (SSSR count). The van der Waals surface area contributed by atoms with Crippen LogP contribution >= 0.6 is 30.9 Å². The van der Waals surface area contributed by atoms with Crippen molar-refractivity contribution in [2.24, 2.45) is 0 Å². The van der Waals surface area contributed by atoms with Crippen LogP contribution in [0.5, 0.6) is 0 Å². The van der Waals surface area contributed by atoms with Gasteiger partial charge in [0.1, 0.15) is 6.04 Å². The molecule has 0 bridgehead atoms. The van der Waals surface area contributed by atoms with Gasteiger partial charge < -0.3 is 9.26 Å². The first-order chi connectivity index (χ1) is 8.57. The van der Waals surface area contributed by atoms with Crippen molar-refractivity contribution in [2.75, 3.05) is 38.1 Å². The molecule has 0 saturated carbocycles. The fraction of sp³-hybridized carbons (Fsp3) is 0.889. The number of esters is 1. The van der Waals surface area contributed by atoms with E-state index in [1.54, 1.807) is 6.92 Å². The van der Waals surface area contributed by atoms with Crippen LogP contribution in [-0.2, 0) is 18.6 Å². The van der Waals surface area contributed by atoms with Crippen molar-refractivity contribution in [3.05, 3.63) is 0 Å². The van der Waals surface area contributed by atoms with E-state index in [1.807, 2.05) is 0 Å². The average Bonchev–Trinajstić information content (AvgIpc) is 2.73. The second kappa shape index (κ2) is 7.68. The highest BCUT2D eigenvalue weighted by Gasteiger charge is 2.43. The normalized spacial score (nSPS) is 27.7. The van der Waals surface area contributed by atoms with Crippen molar-refractivity contribution in [3.8, 4) is 0 Å². The molecule has 0 radical (unpaired) electrons. The van der Waals surface area contributed by atoms with E-state index in [2.05, 4.69) is 5.09 Å². The molecule has 0 aromatic carbocycles. The fourth-order valence-corrected chi connectivity index (χ4v) is 4.24. The summed E-state index contributed by atoms with van der Waals surface area (Å²) in [4.78, 5) is 11.5. The van der Waals surface area contributed by atoms with E-state index in [-0.39, 0.29) is 13.2 Å². The Hall–Kier alpha value is 0.160.